The molecule has 21 heavy (non-hydrogen) atoms. The Kier molecular flexibility index (Phi) is 5.23. The highest BCUT2D eigenvalue weighted by molar-refractivity contribution is 5.79. The van der Waals surface area contributed by atoms with Gasteiger partial charge in [0.25, 0.3) is 0 Å². The van der Waals surface area contributed by atoms with Crippen LogP contribution in [0.1, 0.15) is 45.4 Å². The zero-order chi connectivity index (χ0) is 15.5. The highest BCUT2D eigenvalue weighted by Crippen LogP contribution is 2.32. The second-order valence-electron chi connectivity index (χ2n) is 6.82. The second-order valence-corrected chi connectivity index (χ2v) is 6.82. The standard InChI is InChI=1S/C16H28N4O/c1-13-6-9-20(10-14(13)18)11-15(21)19(2)16(12-17)7-4-3-5-8-16/h13-14H,3-11,18H2,1-2H3. The first-order valence-electron chi connectivity index (χ1n) is 8.14. The monoisotopic (exact) mass is 292 g/mol. The van der Waals surface area contributed by atoms with Gasteiger partial charge in [-0.1, -0.05) is 26.2 Å². The number of hydrogen-bond donors (Lipinski definition) is 1. The molecule has 5 heteroatoms. The molecule has 1 aliphatic heterocycles. The number of nitriles is 1. The van der Waals surface area contributed by atoms with Crippen LogP contribution in [0.15, 0.2) is 0 Å². The lowest BCUT2D eigenvalue weighted by Crippen LogP contribution is -2.55. The molecule has 0 aromatic heterocycles. The minimum absolute atomic E-state index is 0.0557. The number of piperidine rings is 1. The summed E-state index contributed by atoms with van der Waals surface area (Å²) in [4.78, 5) is 16.4. The number of likely N-dealkylation sites (tertiary alicyclic amines) is 1. The molecule has 0 spiro atoms. The number of carbonyl (C=O) groups excluding carboxylic acids is 1. The summed E-state index contributed by atoms with van der Waals surface area (Å²) in [5, 5.41) is 9.57. The Bertz CT molecular complexity index is 411. The van der Waals surface area contributed by atoms with Gasteiger partial charge in [0.2, 0.25) is 5.91 Å². The van der Waals surface area contributed by atoms with Gasteiger partial charge in [-0.3, -0.25) is 9.69 Å². The van der Waals surface area contributed by atoms with Crippen LogP contribution >= 0.6 is 0 Å². The molecule has 0 aromatic carbocycles. The first-order chi connectivity index (χ1) is 9.98. The van der Waals surface area contributed by atoms with Crippen molar-refractivity contribution < 1.29 is 4.79 Å². The van der Waals surface area contributed by atoms with E-state index in [1.54, 1.807) is 11.9 Å². The summed E-state index contributed by atoms with van der Waals surface area (Å²) >= 11 is 0. The molecule has 1 saturated carbocycles. The first kappa shape index (κ1) is 16.3. The van der Waals surface area contributed by atoms with Gasteiger partial charge >= 0.3 is 0 Å². The molecule has 1 amide bonds. The van der Waals surface area contributed by atoms with E-state index in [9.17, 15) is 10.1 Å². The Labute approximate surface area is 128 Å². The number of nitrogens with zero attached hydrogens (tertiary/aromatic N) is 3. The summed E-state index contributed by atoms with van der Waals surface area (Å²) in [5.74, 6) is 0.582. The Morgan fingerprint density at radius 3 is 2.67 bits per heavy atom. The summed E-state index contributed by atoms with van der Waals surface area (Å²) in [5.41, 5.74) is 5.51. The van der Waals surface area contributed by atoms with Crippen LogP contribution < -0.4 is 5.73 Å². The van der Waals surface area contributed by atoms with E-state index >= 15 is 0 Å². The van der Waals surface area contributed by atoms with Gasteiger partial charge in [0.05, 0.1) is 12.6 Å². The molecule has 2 N–H and O–H groups in total. The third kappa shape index (κ3) is 3.56. The first-order valence-corrected chi connectivity index (χ1v) is 8.14. The maximum Gasteiger partial charge on any atom is 0.237 e. The van der Waals surface area contributed by atoms with Crippen LogP contribution in [-0.2, 0) is 4.79 Å². The molecule has 0 radical (unpaired) electrons. The van der Waals surface area contributed by atoms with E-state index in [4.69, 9.17) is 5.73 Å². The van der Waals surface area contributed by atoms with Crippen molar-refractivity contribution >= 4 is 5.91 Å². The minimum Gasteiger partial charge on any atom is -0.326 e. The number of amides is 1. The Hall–Kier alpha value is -1.12. The fraction of sp³-hybridized carbons (Fsp3) is 0.875. The van der Waals surface area contributed by atoms with Crippen LogP contribution in [0.5, 0.6) is 0 Å². The summed E-state index contributed by atoms with van der Waals surface area (Å²) in [7, 11) is 1.80. The predicted octanol–water partition coefficient (Wildman–Crippen LogP) is 1.34. The van der Waals surface area contributed by atoms with Crippen LogP contribution in [0.4, 0.5) is 0 Å². The summed E-state index contributed by atoms with van der Waals surface area (Å²) in [6.07, 6.45) is 5.91. The zero-order valence-corrected chi connectivity index (χ0v) is 13.3. The van der Waals surface area contributed by atoms with Gasteiger partial charge in [-0.2, -0.15) is 5.26 Å². The molecule has 1 aliphatic carbocycles. The lowest BCUT2D eigenvalue weighted by Gasteiger charge is -2.41. The van der Waals surface area contributed by atoms with Gasteiger partial charge in [0.15, 0.2) is 0 Å². The number of carbonyl (C=O) groups is 1. The van der Waals surface area contributed by atoms with E-state index in [1.165, 1.54) is 6.42 Å². The van der Waals surface area contributed by atoms with Gasteiger partial charge < -0.3 is 10.6 Å². The predicted molar refractivity (Wildman–Crippen MR) is 82.4 cm³/mol. The summed E-state index contributed by atoms with van der Waals surface area (Å²) < 4.78 is 0. The van der Waals surface area contributed by atoms with Crippen molar-refractivity contribution in [3.8, 4) is 6.07 Å². The fourth-order valence-electron chi connectivity index (χ4n) is 3.51. The number of likely N-dealkylation sites (N-methyl/N-ethyl adjacent to an activating group) is 1. The maximum absolute atomic E-state index is 12.6. The maximum atomic E-state index is 12.6. The van der Waals surface area contributed by atoms with E-state index in [1.807, 2.05) is 0 Å². The average molecular weight is 292 g/mol. The molecule has 1 saturated heterocycles. The Balaban J connectivity index is 1.94. The van der Waals surface area contributed by atoms with Crippen molar-refractivity contribution in [3.05, 3.63) is 0 Å². The molecule has 2 atom stereocenters. The van der Waals surface area contributed by atoms with Crippen LogP contribution in [-0.4, -0.2) is 54.0 Å². The van der Waals surface area contributed by atoms with Crippen molar-refractivity contribution in [1.29, 1.82) is 5.26 Å². The molecule has 0 aromatic rings. The molecule has 2 fully saturated rings. The fourth-order valence-corrected chi connectivity index (χ4v) is 3.51. The van der Waals surface area contributed by atoms with Crippen molar-refractivity contribution in [2.45, 2.75) is 57.0 Å². The molecule has 2 unspecified atom stereocenters. The molecule has 0 bridgehead atoms. The van der Waals surface area contributed by atoms with E-state index in [2.05, 4.69) is 17.9 Å². The number of hydrogen-bond acceptors (Lipinski definition) is 4. The van der Waals surface area contributed by atoms with Crippen LogP contribution in [0.25, 0.3) is 0 Å². The van der Waals surface area contributed by atoms with Crippen LogP contribution in [0, 0.1) is 17.2 Å². The van der Waals surface area contributed by atoms with Crippen LogP contribution in [0.2, 0.25) is 0 Å². The van der Waals surface area contributed by atoms with Gasteiger partial charge in [0.1, 0.15) is 5.54 Å². The molecule has 2 aliphatic rings. The van der Waals surface area contributed by atoms with Gasteiger partial charge in [-0.15, -0.1) is 0 Å². The van der Waals surface area contributed by atoms with E-state index in [0.717, 1.165) is 45.2 Å². The van der Waals surface area contributed by atoms with Crippen molar-refractivity contribution in [2.24, 2.45) is 11.7 Å². The average Bonchev–Trinajstić information content (AvgIpc) is 2.50. The molecule has 1 heterocycles. The molecule has 2 rings (SSSR count). The van der Waals surface area contributed by atoms with E-state index in [-0.39, 0.29) is 11.9 Å². The normalized spacial score (nSPS) is 29.6. The van der Waals surface area contributed by atoms with Gasteiger partial charge in [-0.05, 0) is 31.7 Å². The van der Waals surface area contributed by atoms with Crippen molar-refractivity contribution in [1.82, 2.24) is 9.80 Å². The largest absolute Gasteiger partial charge is 0.326 e. The molecular formula is C16H28N4O. The highest BCUT2D eigenvalue weighted by Gasteiger charge is 2.39. The third-order valence-corrected chi connectivity index (χ3v) is 5.36. The summed E-state index contributed by atoms with van der Waals surface area (Å²) in [6, 6.07) is 2.56. The van der Waals surface area contributed by atoms with Gasteiger partial charge in [-0.25, -0.2) is 0 Å². The number of rotatable bonds is 3. The molecular weight excluding hydrogens is 264 g/mol. The minimum atomic E-state index is -0.583. The lowest BCUT2D eigenvalue weighted by molar-refractivity contribution is -0.136. The van der Waals surface area contributed by atoms with Crippen molar-refractivity contribution in [2.75, 3.05) is 26.7 Å². The smallest absolute Gasteiger partial charge is 0.237 e. The SMILES string of the molecule is CC1CCN(CC(=O)N(C)C2(C#N)CCCCC2)CC1N. The van der Waals surface area contributed by atoms with Gasteiger partial charge in [0, 0.05) is 19.6 Å². The quantitative estimate of drug-likeness (QED) is 0.852. The summed E-state index contributed by atoms with van der Waals surface area (Å²) in [6.45, 7) is 4.26. The second kappa shape index (κ2) is 6.76. The van der Waals surface area contributed by atoms with Crippen molar-refractivity contribution in [3.63, 3.8) is 0 Å². The third-order valence-electron chi connectivity index (χ3n) is 5.36. The highest BCUT2D eigenvalue weighted by atomic mass is 16.2. The van der Waals surface area contributed by atoms with Crippen LogP contribution in [0.3, 0.4) is 0 Å². The zero-order valence-electron chi connectivity index (χ0n) is 13.3. The lowest BCUT2D eigenvalue weighted by atomic mass is 9.81. The van der Waals surface area contributed by atoms with E-state index < -0.39 is 5.54 Å². The Morgan fingerprint density at radius 2 is 2.10 bits per heavy atom. The van der Waals surface area contributed by atoms with E-state index in [0.29, 0.717) is 12.5 Å². The molecule has 118 valence electrons. The molecule has 5 nitrogen and oxygen atoms in total. The topological polar surface area (TPSA) is 73.4 Å². The Morgan fingerprint density at radius 1 is 1.43 bits per heavy atom. The number of nitrogens with two attached hydrogens (primary N) is 1.